The summed E-state index contributed by atoms with van der Waals surface area (Å²) in [6, 6.07) is 0.456. The Bertz CT molecular complexity index is 521. The van der Waals surface area contributed by atoms with Crippen molar-refractivity contribution in [2.75, 3.05) is 32.5 Å². The van der Waals surface area contributed by atoms with Crippen molar-refractivity contribution in [3.05, 3.63) is 29.3 Å². The van der Waals surface area contributed by atoms with E-state index in [1.807, 2.05) is 19.0 Å². The SMILES string of the molecule is CN(C)CCNC(=O)Nc1cc(F)c(F)cc1C(=O)O. The highest BCUT2D eigenvalue weighted by atomic mass is 19.2. The number of rotatable bonds is 5. The Labute approximate surface area is 114 Å². The van der Waals surface area contributed by atoms with Gasteiger partial charge in [0.25, 0.3) is 0 Å². The van der Waals surface area contributed by atoms with Gasteiger partial charge in [0.1, 0.15) is 0 Å². The first-order valence-electron chi connectivity index (χ1n) is 5.73. The van der Waals surface area contributed by atoms with Gasteiger partial charge < -0.3 is 20.6 Å². The molecule has 0 atom stereocenters. The first kappa shape index (κ1) is 15.8. The summed E-state index contributed by atoms with van der Waals surface area (Å²) >= 11 is 0. The monoisotopic (exact) mass is 287 g/mol. The predicted octanol–water partition coefficient (Wildman–Crippen LogP) is 1.35. The van der Waals surface area contributed by atoms with Crippen LogP contribution in [0.3, 0.4) is 0 Å². The maximum atomic E-state index is 13.1. The van der Waals surface area contributed by atoms with Crippen molar-refractivity contribution in [1.82, 2.24) is 10.2 Å². The lowest BCUT2D eigenvalue weighted by Gasteiger charge is -2.12. The molecule has 0 aliphatic carbocycles. The van der Waals surface area contributed by atoms with E-state index in [1.54, 1.807) is 0 Å². The quantitative estimate of drug-likeness (QED) is 0.763. The molecule has 0 saturated heterocycles. The smallest absolute Gasteiger partial charge is 0.337 e. The third-order valence-corrected chi connectivity index (χ3v) is 2.38. The van der Waals surface area contributed by atoms with Crippen LogP contribution in [0, 0.1) is 11.6 Å². The van der Waals surface area contributed by atoms with Crippen molar-refractivity contribution >= 4 is 17.7 Å². The average Bonchev–Trinajstić information content (AvgIpc) is 2.32. The zero-order valence-corrected chi connectivity index (χ0v) is 11.0. The molecule has 0 aromatic heterocycles. The average molecular weight is 287 g/mol. The van der Waals surface area contributed by atoms with Crippen molar-refractivity contribution in [3.8, 4) is 0 Å². The molecule has 3 N–H and O–H groups in total. The van der Waals surface area contributed by atoms with Crippen molar-refractivity contribution in [2.24, 2.45) is 0 Å². The third-order valence-electron chi connectivity index (χ3n) is 2.38. The molecule has 0 unspecified atom stereocenters. The molecule has 0 saturated carbocycles. The molecule has 0 aliphatic heterocycles. The molecule has 0 bridgehead atoms. The van der Waals surface area contributed by atoms with Crippen molar-refractivity contribution in [3.63, 3.8) is 0 Å². The Morgan fingerprint density at radius 2 is 1.85 bits per heavy atom. The van der Waals surface area contributed by atoms with Crippen LogP contribution in [-0.4, -0.2) is 49.2 Å². The van der Waals surface area contributed by atoms with E-state index in [-0.39, 0.29) is 5.69 Å². The van der Waals surface area contributed by atoms with Crippen LogP contribution in [0.25, 0.3) is 0 Å². The number of carbonyl (C=O) groups is 2. The van der Waals surface area contributed by atoms with E-state index >= 15 is 0 Å². The molecule has 1 aromatic rings. The number of amides is 2. The number of carboxylic acid groups (broad SMARTS) is 1. The molecule has 1 rings (SSSR count). The fourth-order valence-corrected chi connectivity index (χ4v) is 1.39. The van der Waals surface area contributed by atoms with E-state index < -0.39 is 29.2 Å². The van der Waals surface area contributed by atoms with E-state index in [2.05, 4.69) is 10.6 Å². The fraction of sp³-hybridized carbons (Fsp3) is 0.333. The Morgan fingerprint density at radius 3 is 2.40 bits per heavy atom. The number of aromatic carboxylic acids is 1. The molecule has 110 valence electrons. The highest BCUT2D eigenvalue weighted by Gasteiger charge is 2.16. The summed E-state index contributed by atoms with van der Waals surface area (Å²) in [5.74, 6) is -3.99. The summed E-state index contributed by atoms with van der Waals surface area (Å²) in [6.45, 7) is 0.905. The summed E-state index contributed by atoms with van der Waals surface area (Å²) < 4.78 is 26.1. The Balaban J connectivity index is 2.78. The van der Waals surface area contributed by atoms with Crippen molar-refractivity contribution < 1.29 is 23.5 Å². The zero-order chi connectivity index (χ0) is 15.3. The second-order valence-corrected chi connectivity index (χ2v) is 4.30. The van der Waals surface area contributed by atoms with Gasteiger partial charge in [-0.05, 0) is 20.2 Å². The van der Waals surface area contributed by atoms with Crippen LogP contribution in [0.2, 0.25) is 0 Å². The molecular weight excluding hydrogens is 272 g/mol. The van der Waals surface area contributed by atoms with Crippen LogP contribution in [0.4, 0.5) is 19.3 Å². The van der Waals surface area contributed by atoms with Crippen LogP contribution in [0.15, 0.2) is 12.1 Å². The molecule has 8 heteroatoms. The normalized spacial score (nSPS) is 10.4. The van der Waals surface area contributed by atoms with Gasteiger partial charge in [-0.3, -0.25) is 0 Å². The van der Waals surface area contributed by atoms with Gasteiger partial charge in [0.2, 0.25) is 0 Å². The number of nitrogens with zero attached hydrogens (tertiary/aromatic N) is 1. The number of urea groups is 1. The minimum Gasteiger partial charge on any atom is -0.478 e. The highest BCUT2D eigenvalue weighted by molar-refractivity contribution is 6.00. The number of hydrogen-bond donors (Lipinski definition) is 3. The summed E-state index contributed by atoms with van der Waals surface area (Å²) in [5.41, 5.74) is -0.828. The molecule has 6 nitrogen and oxygen atoms in total. The van der Waals surface area contributed by atoms with E-state index in [4.69, 9.17) is 5.11 Å². The molecule has 1 aromatic carbocycles. The van der Waals surface area contributed by atoms with Gasteiger partial charge in [-0.2, -0.15) is 0 Å². The van der Waals surface area contributed by atoms with Crippen molar-refractivity contribution in [2.45, 2.75) is 0 Å². The van der Waals surface area contributed by atoms with Gasteiger partial charge in [0.05, 0.1) is 11.3 Å². The lowest BCUT2D eigenvalue weighted by molar-refractivity contribution is 0.0697. The first-order valence-corrected chi connectivity index (χ1v) is 5.73. The van der Waals surface area contributed by atoms with Crippen LogP contribution in [0.1, 0.15) is 10.4 Å². The highest BCUT2D eigenvalue weighted by Crippen LogP contribution is 2.20. The molecule has 2 amide bonds. The molecule has 0 radical (unpaired) electrons. The minimum atomic E-state index is -1.47. The lowest BCUT2D eigenvalue weighted by atomic mass is 10.1. The van der Waals surface area contributed by atoms with Crippen LogP contribution in [-0.2, 0) is 0 Å². The largest absolute Gasteiger partial charge is 0.478 e. The number of benzene rings is 1. The standard InChI is InChI=1S/C12H15F2N3O3/c1-17(2)4-3-15-12(20)16-10-6-9(14)8(13)5-7(10)11(18)19/h5-6H,3-4H2,1-2H3,(H,18,19)(H2,15,16,20). The van der Waals surface area contributed by atoms with Gasteiger partial charge in [-0.1, -0.05) is 0 Å². The summed E-state index contributed by atoms with van der Waals surface area (Å²) in [7, 11) is 3.63. The second-order valence-electron chi connectivity index (χ2n) is 4.30. The summed E-state index contributed by atoms with van der Waals surface area (Å²) in [4.78, 5) is 24.3. The summed E-state index contributed by atoms with van der Waals surface area (Å²) in [5, 5.41) is 13.5. The molecular formula is C12H15F2N3O3. The molecule has 0 aliphatic rings. The minimum absolute atomic E-state index is 0.307. The maximum absolute atomic E-state index is 13.1. The molecule has 20 heavy (non-hydrogen) atoms. The predicted molar refractivity (Wildman–Crippen MR) is 68.9 cm³/mol. The van der Waals surface area contributed by atoms with Crippen molar-refractivity contribution in [1.29, 1.82) is 0 Å². The van der Waals surface area contributed by atoms with Gasteiger partial charge in [0, 0.05) is 19.2 Å². The van der Waals surface area contributed by atoms with Crippen LogP contribution in [0.5, 0.6) is 0 Å². The van der Waals surface area contributed by atoms with Gasteiger partial charge in [-0.15, -0.1) is 0 Å². The van der Waals surface area contributed by atoms with E-state index in [0.717, 1.165) is 0 Å². The van der Waals surface area contributed by atoms with Gasteiger partial charge in [0.15, 0.2) is 11.6 Å². The number of carbonyl (C=O) groups excluding carboxylic acids is 1. The molecule has 0 fully saturated rings. The number of nitrogens with one attached hydrogen (secondary N) is 2. The molecule has 0 heterocycles. The van der Waals surface area contributed by atoms with E-state index in [9.17, 15) is 18.4 Å². The second kappa shape index (κ2) is 6.80. The fourth-order valence-electron chi connectivity index (χ4n) is 1.39. The van der Waals surface area contributed by atoms with Crippen LogP contribution < -0.4 is 10.6 Å². The van der Waals surface area contributed by atoms with Gasteiger partial charge >= 0.3 is 12.0 Å². The number of likely N-dealkylation sites (N-methyl/N-ethyl adjacent to an activating group) is 1. The topological polar surface area (TPSA) is 81.7 Å². The number of halogens is 2. The van der Waals surface area contributed by atoms with Crippen LogP contribution >= 0.6 is 0 Å². The van der Waals surface area contributed by atoms with Gasteiger partial charge in [-0.25, -0.2) is 18.4 Å². The summed E-state index contributed by atoms with van der Waals surface area (Å²) in [6.07, 6.45) is 0. The Hall–Kier alpha value is -2.22. The maximum Gasteiger partial charge on any atom is 0.337 e. The third kappa shape index (κ3) is 4.47. The van der Waals surface area contributed by atoms with E-state index in [0.29, 0.717) is 25.2 Å². The van der Waals surface area contributed by atoms with E-state index in [1.165, 1.54) is 0 Å². The Morgan fingerprint density at radius 1 is 1.25 bits per heavy atom. The number of hydrogen-bond acceptors (Lipinski definition) is 3. The number of anilines is 1. The lowest BCUT2D eigenvalue weighted by Crippen LogP contribution is -2.34. The molecule has 0 spiro atoms. The first-order chi connectivity index (χ1) is 9.31. The number of carboxylic acids is 1. The Kier molecular flexibility index (Phi) is 5.39. The zero-order valence-electron chi connectivity index (χ0n) is 11.0.